The fourth-order valence-electron chi connectivity index (χ4n) is 2.08. The summed E-state index contributed by atoms with van der Waals surface area (Å²) < 4.78 is 46.4. The van der Waals surface area contributed by atoms with E-state index in [0.29, 0.717) is 5.75 Å². The van der Waals surface area contributed by atoms with E-state index in [9.17, 15) is 18.0 Å². The molecule has 0 radical (unpaired) electrons. The third-order valence-electron chi connectivity index (χ3n) is 3.26. The van der Waals surface area contributed by atoms with Crippen LogP contribution in [0.2, 0.25) is 0 Å². The molecule has 1 aromatic carbocycles. The molecule has 0 aromatic heterocycles. The van der Waals surface area contributed by atoms with E-state index < -0.39 is 18.1 Å². The Kier molecular flexibility index (Phi) is 4.55. The summed E-state index contributed by atoms with van der Waals surface area (Å²) in [6.45, 7) is 0.109. The summed E-state index contributed by atoms with van der Waals surface area (Å²) in [6.07, 6.45) is -3.80. The summed E-state index contributed by atoms with van der Waals surface area (Å²) in [5.41, 5.74) is 1.04. The topological polar surface area (TPSA) is 35.5 Å². The molecule has 3 nitrogen and oxygen atoms in total. The van der Waals surface area contributed by atoms with Gasteiger partial charge in [-0.2, -0.15) is 13.2 Å². The van der Waals surface area contributed by atoms with E-state index >= 15 is 0 Å². The number of halogens is 3. The lowest BCUT2D eigenvalue weighted by Crippen LogP contribution is -2.27. The standard InChI is InChI=1S/C15H15F3O3/c1-20-13-4-2-10(3-5-13)9-21-14(19)12-6-11(7-12)8-15(16,17)18/h2-5,8,12H,6-7,9H2,1H3. The SMILES string of the molecule is COc1ccc(COC(=O)C2CC(=CC(F)(F)F)C2)cc1. The first-order valence-electron chi connectivity index (χ1n) is 6.44. The highest BCUT2D eigenvalue weighted by Gasteiger charge is 2.35. The Labute approximate surface area is 120 Å². The second-order valence-corrected chi connectivity index (χ2v) is 4.91. The smallest absolute Gasteiger partial charge is 0.409 e. The molecular formula is C15H15F3O3. The molecular weight excluding hydrogens is 285 g/mol. The molecule has 0 amide bonds. The average molecular weight is 300 g/mol. The van der Waals surface area contributed by atoms with Crippen molar-refractivity contribution >= 4 is 5.97 Å². The second kappa shape index (κ2) is 6.20. The maximum atomic E-state index is 12.1. The van der Waals surface area contributed by atoms with E-state index in [4.69, 9.17) is 9.47 Å². The first-order chi connectivity index (χ1) is 9.87. The van der Waals surface area contributed by atoms with E-state index in [2.05, 4.69) is 0 Å². The minimum absolute atomic E-state index is 0.109. The number of carbonyl (C=O) groups excluding carboxylic acids is 1. The summed E-state index contributed by atoms with van der Waals surface area (Å²) in [6, 6.07) is 7.02. The summed E-state index contributed by atoms with van der Waals surface area (Å²) in [5.74, 6) is -0.215. The van der Waals surface area contributed by atoms with Crippen molar-refractivity contribution in [1.82, 2.24) is 0 Å². The number of ether oxygens (including phenoxy) is 2. The van der Waals surface area contributed by atoms with Crippen molar-refractivity contribution in [2.24, 2.45) is 5.92 Å². The van der Waals surface area contributed by atoms with Crippen LogP contribution in [0, 0.1) is 5.92 Å². The van der Waals surface area contributed by atoms with E-state index in [-0.39, 0.29) is 31.1 Å². The predicted molar refractivity (Wildman–Crippen MR) is 69.7 cm³/mol. The van der Waals surface area contributed by atoms with Crippen molar-refractivity contribution in [3.05, 3.63) is 41.5 Å². The Morgan fingerprint density at radius 1 is 1.29 bits per heavy atom. The highest BCUT2D eigenvalue weighted by Crippen LogP contribution is 2.36. The third kappa shape index (κ3) is 4.51. The predicted octanol–water partition coefficient (Wildman–Crippen LogP) is 3.64. The molecule has 2 rings (SSSR count). The lowest BCUT2D eigenvalue weighted by Gasteiger charge is -2.27. The summed E-state index contributed by atoms with van der Waals surface area (Å²) >= 11 is 0. The van der Waals surface area contributed by atoms with E-state index in [1.807, 2.05) is 0 Å². The van der Waals surface area contributed by atoms with Gasteiger partial charge in [0, 0.05) is 6.08 Å². The van der Waals surface area contributed by atoms with Gasteiger partial charge in [-0.3, -0.25) is 4.79 Å². The Bertz CT molecular complexity index is 524. The van der Waals surface area contributed by atoms with Gasteiger partial charge >= 0.3 is 12.1 Å². The van der Waals surface area contributed by atoms with Crippen molar-refractivity contribution < 1.29 is 27.4 Å². The van der Waals surface area contributed by atoms with Crippen LogP contribution in [0.3, 0.4) is 0 Å². The molecule has 0 heterocycles. The van der Waals surface area contributed by atoms with Crippen molar-refractivity contribution in [2.75, 3.05) is 7.11 Å². The number of hydrogen-bond acceptors (Lipinski definition) is 3. The Hall–Kier alpha value is -1.98. The van der Waals surface area contributed by atoms with Crippen molar-refractivity contribution in [3.8, 4) is 5.75 Å². The molecule has 0 spiro atoms. The molecule has 0 atom stereocenters. The van der Waals surface area contributed by atoms with Crippen LogP contribution in [0.5, 0.6) is 5.75 Å². The highest BCUT2D eigenvalue weighted by molar-refractivity contribution is 5.75. The largest absolute Gasteiger partial charge is 0.497 e. The number of methoxy groups -OCH3 is 1. The number of hydrogen-bond donors (Lipinski definition) is 0. The minimum atomic E-state index is -4.31. The number of alkyl halides is 3. The van der Waals surface area contributed by atoms with Crippen LogP contribution in [-0.4, -0.2) is 19.3 Å². The molecule has 1 aliphatic carbocycles. The van der Waals surface area contributed by atoms with Crippen molar-refractivity contribution in [3.63, 3.8) is 0 Å². The quantitative estimate of drug-likeness (QED) is 0.629. The van der Waals surface area contributed by atoms with Gasteiger partial charge in [0.1, 0.15) is 12.4 Å². The van der Waals surface area contributed by atoms with Gasteiger partial charge in [0.25, 0.3) is 0 Å². The molecule has 1 fully saturated rings. The van der Waals surface area contributed by atoms with Crippen LogP contribution in [0.4, 0.5) is 13.2 Å². The number of esters is 1. The van der Waals surface area contributed by atoms with Gasteiger partial charge in [-0.25, -0.2) is 0 Å². The zero-order valence-electron chi connectivity index (χ0n) is 11.4. The lowest BCUT2D eigenvalue weighted by molar-refractivity contribution is -0.151. The molecule has 1 saturated carbocycles. The molecule has 0 N–H and O–H groups in total. The van der Waals surface area contributed by atoms with Crippen LogP contribution >= 0.6 is 0 Å². The van der Waals surface area contributed by atoms with Crippen LogP contribution in [-0.2, 0) is 16.1 Å². The monoisotopic (exact) mass is 300 g/mol. The second-order valence-electron chi connectivity index (χ2n) is 4.91. The minimum Gasteiger partial charge on any atom is -0.497 e. The molecule has 1 aliphatic rings. The molecule has 6 heteroatoms. The number of benzene rings is 1. The molecule has 114 valence electrons. The number of rotatable bonds is 4. The van der Waals surface area contributed by atoms with Gasteiger partial charge in [0.15, 0.2) is 0 Å². The molecule has 0 bridgehead atoms. The van der Waals surface area contributed by atoms with Crippen LogP contribution in [0.15, 0.2) is 35.9 Å². The normalized spacial score (nSPS) is 17.9. The van der Waals surface area contributed by atoms with Crippen LogP contribution in [0.1, 0.15) is 18.4 Å². The Morgan fingerprint density at radius 3 is 2.43 bits per heavy atom. The summed E-state index contributed by atoms with van der Waals surface area (Å²) in [4.78, 5) is 11.7. The average Bonchev–Trinajstić information content (AvgIpc) is 2.39. The maximum absolute atomic E-state index is 12.1. The van der Waals surface area contributed by atoms with E-state index in [1.54, 1.807) is 31.4 Å². The highest BCUT2D eigenvalue weighted by atomic mass is 19.4. The summed E-state index contributed by atoms with van der Waals surface area (Å²) in [7, 11) is 1.55. The van der Waals surface area contributed by atoms with Crippen molar-refractivity contribution in [1.29, 1.82) is 0 Å². The zero-order chi connectivity index (χ0) is 15.5. The maximum Gasteiger partial charge on any atom is 0.409 e. The third-order valence-corrected chi connectivity index (χ3v) is 3.26. The number of allylic oxidation sites excluding steroid dienone is 2. The molecule has 1 aromatic rings. The molecule has 0 saturated heterocycles. The Morgan fingerprint density at radius 2 is 1.90 bits per heavy atom. The van der Waals surface area contributed by atoms with Gasteiger partial charge in [-0.1, -0.05) is 17.7 Å². The van der Waals surface area contributed by atoms with Crippen LogP contribution in [0.25, 0.3) is 0 Å². The first-order valence-corrected chi connectivity index (χ1v) is 6.44. The van der Waals surface area contributed by atoms with Gasteiger partial charge in [0.2, 0.25) is 0 Å². The number of carbonyl (C=O) groups is 1. The van der Waals surface area contributed by atoms with Crippen LogP contribution < -0.4 is 4.74 Å². The molecule has 0 unspecified atom stereocenters. The van der Waals surface area contributed by atoms with Gasteiger partial charge in [-0.15, -0.1) is 0 Å². The fraction of sp³-hybridized carbons (Fsp3) is 0.400. The molecule has 21 heavy (non-hydrogen) atoms. The zero-order valence-corrected chi connectivity index (χ0v) is 11.4. The van der Waals surface area contributed by atoms with Gasteiger partial charge < -0.3 is 9.47 Å². The van der Waals surface area contributed by atoms with E-state index in [1.165, 1.54) is 0 Å². The van der Waals surface area contributed by atoms with Gasteiger partial charge in [-0.05, 0) is 30.5 Å². The summed E-state index contributed by atoms with van der Waals surface area (Å²) in [5, 5.41) is 0. The Balaban J connectivity index is 1.77. The first kappa shape index (κ1) is 15.4. The van der Waals surface area contributed by atoms with Crippen molar-refractivity contribution in [2.45, 2.75) is 25.6 Å². The lowest BCUT2D eigenvalue weighted by atomic mass is 9.80. The van der Waals surface area contributed by atoms with E-state index in [0.717, 1.165) is 5.56 Å². The molecule has 0 aliphatic heterocycles. The van der Waals surface area contributed by atoms with Gasteiger partial charge in [0.05, 0.1) is 13.0 Å². The fourth-order valence-corrected chi connectivity index (χ4v) is 2.08.